The summed E-state index contributed by atoms with van der Waals surface area (Å²) in [5.41, 5.74) is 7.88. The van der Waals surface area contributed by atoms with E-state index in [1.165, 1.54) is 12.1 Å². The normalized spacial score (nSPS) is 15.9. The number of ether oxygens (including phenoxy) is 2. The number of aromatic carboxylic acids is 1. The summed E-state index contributed by atoms with van der Waals surface area (Å²) in [5, 5.41) is 19.3. The second-order valence-corrected chi connectivity index (χ2v) is 7.11. The SMILES string of the molecule is CCOC(=O)C1=C(C)OC(N)=C(C#N)C1c1ccccc1-c1ccc(Cl)c(C(=O)O)c1. The molecule has 0 amide bonds. The van der Waals surface area contributed by atoms with Gasteiger partial charge in [0, 0.05) is 0 Å². The topological polar surface area (TPSA) is 123 Å². The fraction of sp³-hybridized carbons (Fsp3) is 0.174. The third kappa shape index (κ3) is 4.11. The number of nitrogens with two attached hydrogens (primary N) is 1. The Morgan fingerprint density at radius 2 is 2.00 bits per heavy atom. The van der Waals surface area contributed by atoms with Crippen LogP contribution in [0.4, 0.5) is 0 Å². The van der Waals surface area contributed by atoms with Crippen LogP contribution in [0, 0.1) is 11.3 Å². The number of hydrogen-bond donors (Lipinski definition) is 2. The van der Waals surface area contributed by atoms with E-state index >= 15 is 0 Å². The quantitative estimate of drug-likeness (QED) is 0.665. The smallest absolute Gasteiger partial charge is 0.338 e. The first-order valence-electron chi connectivity index (χ1n) is 9.37. The van der Waals surface area contributed by atoms with Gasteiger partial charge in [-0.25, -0.2) is 9.59 Å². The standard InChI is InChI=1S/C23H19ClN2O5/c1-3-30-23(29)19-12(2)31-21(26)17(11-25)20(19)15-7-5-4-6-14(15)13-8-9-18(24)16(10-13)22(27)28/h4-10,20H,3,26H2,1-2H3,(H,27,28). The van der Waals surface area contributed by atoms with Crippen LogP contribution in [0.3, 0.4) is 0 Å². The van der Waals surface area contributed by atoms with E-state index in [1.807, 2.05) is 6.07 Å². The lowest BCUT2D eigenvalue weighted by Crippen LogP contribution is -2.26. The van der Waals surface area contributed by atoms with E-state index in [2.05, 4.69) is 0 Å². The molecule has 31 heavy (non-hydrogen) atoms. The molecule has 2 aromatic rings. The molecule has 2 aromatic carbocycles. The van der Waals surface area contributed by atoms with E-state index in [4.69, 9.17) is 26.8 Å². The van der Waals surface area contributed by atoms with Gasteiger partial charge in [-0.2, -0.15) is 5.26 Å². The Morgan fingerprint density at radius 1 is 1.29 bits per heavy atom. The zero-order valence-electron chi connectivity index (χ0n) is 16.8. The van der Waals surface area contributed by atoms with Crippen molar-refractivity contribution in [1.29, 1.82) is 5.26 Å². The molecule has 0 aliphatic carbocycles. The van der Waals surface area contributed by atoms with Crippen LogP contribution in [0.25, 0.3) is 11.1 Å². The highest BCUT2D eigenvalue weighted by atomic mass is 35.5. The van der Waals surface area contributed by atoms with Gasteiger partial charge in [0.25, 0.3) is 0 Å². The first-order valence-corrected chi connectivity index (χ1v) is 9.75. The molecule has 0 radical (unpaired) electrons. The third-order valence-corrected chi connectivity index (χ3v) is 5.21. The number of benzene rings is 2. The second-order valence-electron chi connectivity index (χ2n) is 6.70. The van der Waals surface area contributed by atoms with Gasteiger partial charge in [0.05, 0.1) is 28.7 Å². The molecule has 8 heteroatoms. The van der Waals surface area contributed by atoms with Gasteiger partial charge in [-0.05, 0) is 42.7 Å². The molecule has 0 fully saturated rings. The summed E-state index contributed by atoms with van der Waals surface area (Å²) in [5.74, 6) is -2.51. The highest BCUT2D eigenvalue weighted by molar-refractivity contribution is 6.33. The molecule has 1 atom stereocenters. The number of allylic oxidation sites excluding steroid dienone is 2. The largest absolute Gasteiger partial charge is 0.478 e. The number of hydrogen-bond acceptors (Lipinski definition) is 6. The molecule has 3 rings (SSSR count). The maximum atomic E-state index is 12.8. The fourth-order valence-electron chi connectivity index (χ4n) is 3.53. The van der Waals surface area contributed by atoms with E-state index in [9.17, 15) is 20.0 Å². The summed E-state index contributed by atoms with van der Waals surface area (Å²) in [6, 6.07) is 13.7. The van der Waals surface area contributed by atoms with Gasteiger partial charge < -0.3 is 20.3 Å². The van der Waals surface area contributed by atoms with Crippen LogP contribution in [-0.2, 0) is 14.3 Å². The van der Waals surface area contributed by atoms with Crippen molar-refractivity contribution < 1.29 is 24.2 Å². The van der Waals surface area contributed by atoms with Crippen molar-refractivity contribution in [2.24, 2.45) is 5.73 Å². The molecule has 7 nitrogen and oxygen atoms in total. The van der Waals surface area contributed by atoms with Crippen LogP contribution >= 0.6 is 11.6 Å². The lowest BCUT2D eigenvalue weighted by molar-refractivity contribution is -0.139. The highest BCUT2D eigenvalue weighted by Gasteiger charge is 2.37. The van der Waals surface area contributed by atoms with E-state index in [1.54, 1.807) is 44.2 Å². The number of rotatable bonds is 5. The van der Waals surface area contributed by atoms with Crippen molar-refractivity contribution in [2.45, 2.75) is 19.8 Å². The van der Waals surface area contributed by atoms with Gasteiger partial charge in [0.2, 0.25) is 5.88 Å². The Kier molecular flexibility index (Phi) is 6.33. The molecule has 1 aliphatic heterocycles. The molecule has 0 spiro atoms. The van der Waals surface area contributed by atoms with Crippen LogP contribution in [0.5, 0.6) is 0 Å². The maximum Gasteiger partial charge on any atom is 0.338 e. The molecule has 0 aromatic heterocycles. The Labute approximate surface area is 183 Å². The van der Waals surface area contributed by atoms with Gasteiger partial charge >= 0.3 is 11.9 Å². The molecule has 0 saturated carbocycles. The van der Waals surface area contributed by atoms with Crippen molar-refractivity contribution in [3.8, 4) is 17.2 Å². The summed E-state index contributed by atoms with van der Waals surface area (Å²) in [6.07, 6.45) is 0. The Bertz CT molecular complexity index is 1180. The maximum absolute atomic E-state index is 12.8. The number of halogens is 1. The summed E-state index contributed by atoms with van der Waals surface area (Å²) in [7, 11) is 0. The van der Waals surface area contributed by atoms with Gasteiger partial charge in [0.1, 0.15) is 17.4 Å². The number of nitrogens with zero attached hydrogens (tertiary/aromatic N) is 1. The van der Waals surface area contributed by atoms with E-state index in [-0.39, 0.29) is 40.0 Å². The monoisotopic (exact) mass is 438 g/mol. The molecular weight excluding hydrogens is 420 g/mol. The summed E-state index contributed by atoms with van der Waals surface area (Å²) in [6.45, 7) is 3.40. The predicted octanol–water partition coefficient (Wildman–Crippen LogP) is 4.35. The second kappa shape index (κ2) is 8.94. The first kappa shape index (κ1) is 21.9. The molecule has 0 bridgehead atoms. The summed E-state index contributed by atoms with van der Waals surface area (Å²) < 4.78 is 10.7. The minimum atomic E-state index is -1.17. The number of nitriles is 1. The Balaban J connectivity index is 2.27. The zero-order valence-corrected chi connectivity index (χ0v) is 17.6. The highest BCUT2D eigenvalue weighted by Crippen LogP contribution is 2.43. The first-order chi connectivity index (χ1) is 14.8. The van der Waals surface area contributed by atoms with Crippen molar-refractivity contribution >= 4 is 23.5 Å². The van der Waals surface area contributed by atoms with Crippen LogP contribution in [-0.4, -0.2) is 23.7 Å². The zero-order chi connectivity index (χ0) is 22.7. The van der Waals surface area contributed by atoms with E-state index in [0.717, 1.165) is 0 Å². The molecular formula is C23H19ClN2O5. The fourth-order valence-corrected chi connectivity index (χ4v) is 3.73. The number of carboxylic acids is 1. The molecule has 1 aliphatic rings. The minimum absolute atomic E-state index is 0.0613. The Hall–Kier alpha value is -3.76. The number of carboxylic acid groups (broad SMARTS) is 1. The van der Waals surface area contributed by atoms with Crippen molar-refractivity contribution in [3.05, 3.63) is 81.4 Å². The average Bonchev–Trinajstić information content (AvgIpc) is 2.73. The van der Waals surface area contributed by atoms with Crippen LogP contribution in [0.15, 0.2) is 65.3 Å². The van der Waals surface area contributed by atoms with Gasteiger partial charge in [-0.1, -0.05) is 41.9 Å². The van der Waals surface area contributed by atoms with Gasteiger partial charge in [0.15, 0.2) is 0 Å². The van der Waals surface area contributed by atoms with Gasteiger partial charge in [-0.15, -0.1) is 0 Å². The van der Waals surface area contributed by atoms with E-state index < -0.39 is 17.9 Å². The predicted molar refractivity (Wildman–Crippen MR) is 114 cm³/mol. The Morgan fingerprint density at radius 3 is 2.65 bits per heavy atom. The number of esters is 1. The minimum Gasteiger partial charge on any atom is -0.478 e. The molecule has 0 saturated heterocycles. The third-order valence-electron chi connectivity index (χ3n) is 4.88. The molecule has 3 N–H and O–H groups in total. The van der Waals surface area contributed by atoms with Crippen molar-refractivity contribution in [2.75, 3.05) is 6.61 Å². The van der Waals surface area contributed by atoms with Gasteiger partial charge in [-0.3, -0.25) is 0 Å². The van der Waals surface area contributed by atoms with Crippen LogP contribution in [0.1, 0.15) is 35.7 Å². The van der Waals surface area contributed by atoms with E-state index in [0.29, 0.717) is 16.7 Å². The van der Waals surface area contributed by atoms with Crippen molar-refractivity contribution in [1.82, 2.24) is 0 Å². The molecule has 158 valence electrons. The lowest BCUT2D eigenvalue weighted by atomic mass is 9.79. The summed E-state index contributed by atoms with van der Waals surface area (Å²) in [4.78, 5) is 24.3. The molecule has 1 heterocycles. The average molecular weight is 439 g/mol. The summed E-state index contributed by atoms with van der Waals surface area (Å²) >= 11 is 6.02. The van der Waals surface area contributed by atoms with Crippen molar-refractivity contribution in [3.63, 3.8) is 0 Å². The van der Waals surface area contributed by atoms with Crippen LogP contribution in [0.2, 0.25) is 5.02 Å². The van der Waals surface area contributed by atoms with Crippen LogP contribution < -0.4 is 5.73 Å². The molecule has 1 unspecified atom stereocenters. The number of carbonyl (C=O) groups is 2. The number of carbonyl (C=O) groups excluding carboxylic acids is 1. The lowest BCUT2D eigenvalue weighted by Gasteiger charge is -2.28.